The average Bonchev–Trinajstić information content (AvgIpc) is 3.45. The fourth-order valence-corrected chi connectivity index (χ4v) is 4.66. The zero-order valence-corrected chi connectivity index (χ0v) is 15.7. The van der Waals surface area contributed by atoms with E-state index in [4.69, 9.17) is 9.94 Å². The molecule has 29 heavy (non-hydrogen) atoms. The van der Waals surface area contributed by atoms with E-state index in [0.29, 0.717) is 11.3 Å². The molecule has 0 saturated heterocycles. The normalized spacial score (nSPS) is 29.0. The Bertz CT molecular complexity index is 837. The van der Waals surface area contributed by atoms with Gasteiger partial charge in [-0.25, -0.2) is 5.48 Å². The van der Waals surface area contributed by atoms with Gasteiger partial charge in [-0.15, -0.1) is 0 Å². The maximum absolute atomic E-state index is 12.8. The van der Waals surface area contributed by atoms with Gasteiger partial charge >= 0.3 is 6.18 Å². The highest BCUT2D eigenvalue weighted by molar-refractivity contribution is 5.83. The van der Waals surface area contributed by atoms with Crippen LogP contribution in [0.2, 0.25) is 0 Å². The van der Waals surface area contributed by atoms with E-state index in [1.165, 1.54) is 4.90 Å². The Balaban J connectivity index is 1.58. The molecule has 0 radical (unpaired) electrons. The number of amides is 1. The molecule has 1 aliphatic heterocycles. The number of ether oxygens (including phenoxy) is 1. The van der Waals surface area contributed by atoms with Crippen molar-refractivity contribution in [1.82, 2.24) is 10.4 Å². The summed E-state index contributed by atoms with van der Waals surface area (Å²) in [5.41, 5.74) is 3.35. The number of alkyl halides is 3. The highest BCUT2D eigenvalue weighted by Gasteiger charge is 2.57. The summed E-state index contributed by atoms with van der Waals surface area (Å²) in [6, 6.07) is 5.51. The minimum atomic E-state index is -4.27. The number of hydroxylamine groups is 1. The number of allylic oxidation sites excluding steroid dienone is 4. The van der Waals surface area contributed by atoms with E-state index >= 15 is 0 Å². The first kappa shape index (κ1) is 20.0. The molecule has 1 aromatic carbocycles. The molecule has 4 rings (SSSR count). The number of carbonyl (C=O) groups excluding carboxylic acids is 1. The largest absolute Gasteiger partial charge is 0.492 e. The molecule has 0 aromatic heterocycles. The number of fused-ring (bicyclic) bond motifs is 1. The lowest BCUT2D eigenvalue weighted by atomic mass is 9.92. The summed E-state index contributed by atoms with van der Waals surface area (Å²) in [7, 11) is 0. The van der Waals surface area contributed by atoms with Crippen molar-refractivity contribution in [2.24, 2.45) is 17.8 Å². The van der Waals surface area contributed by atoms with Crippen LogP contribution in [0, 0.1) is 17.8 Å². The second kappa shape index (κ2) is 7.84. The number of hydrogen-bond donors (Lipinski definition) is 2. The van der Waals surface area contributed by atoms with Crippen LogP contribution in [0.4, 0.5) is 13.2 Å². The van der Waals surface area contributed by atoms with Crippen LogP contribution in [0.25, 0.3) is 0 Å². The van der Waals surface area contributed by atoms with E-state index in [0.717, 1.165) is 12.0 Å². The smallest absolute Gasteiger partial charge is 0.401 e. The molecule has 4 atom stereocenters. The average molecular weight is 408 g/mol. The predicted octanol–water partition coefficient (Wildman–Crippen LogP) is 3.41. The zero-order valence-electron chi connectivity index (χ0n) is 15.7. The number of nitrogens with one attached hydrogen (secondary N) is 1. The SMILES string of the molecule is O=C(NO)[C@H]1[C@H](c2ccc3c(c2)CN(CC(F)(F)F)CCO3)[C@H]1C1C=CC=CC1. The van der Waals surface area contributed by atoms with Crippen LogP contribution in [0.15, 0.2) is 42.5 Å². The Hall–Kier alpha value is -2.32. The summed E-state index contributed by atoms with van der Waals surface area (Å²) in [4.78, 5) is 13.5. The van der Waals surface area contributed by atoms with E-state index in [9.17, 15) is 18.0 Å². The maximum atomic E-state index is 12.8. The van der Waals surface area contributed by atoms with Gasteiger partial charge in [-0.1, -0.05) is 36.4 Å². The minimum absolute atomic E-state index is 0.0411. The first-order valence-electron chi connectivity index (χ1n) is 9.69. The molecule has 8 heteroatoms. The Morgan fingerprint density at radius 1 is 1.31 bits per heavy atom. The molecule has 0 bridgehead atoms. The van der Waals surface area contributed by atoms with E-state index in [1.807, 2.05) is 30.4 Å². The molecule has 0 spiro atoms. The van der Waals surface area contributed by atoms with Crippen LogP contribution in [-0.2, 0) is 11.3 Å². The van der Waals surface area contributed by atoms with E-state index in [-0.39, 0.29) is 43.4 Å². The number of nitrogens with zero attached hydrogens (tertiary/aromatic N) is 1. The van der Waals surface area contributed by atoms with Gasteiger partial charge in [0.05, 0.1) is 12.5 Å². The lowest BCUT2D eigenvalue weighted by Gasteiger charge is -2.21. The molecule has 2 aliphatic carbocycles. The molecule has 1 unspecified atom stereocenters. The summed E-state index contributed by atoms with van der Waals surface area (Å²) in [6.45, 7) is -0.447. The molecule has 1 fully saturated rings. The van der Waals surface area contributed by atoms with Crippen molar-refractivity contribution >= 4 is 5.91 Å². The number of rotatable bonds is 4. The van der Waals surface area contributed by atoms with Gasteiger partial charge in [-0.3, -0.25) is 14.9 Å². The first-order chi connectivity index (χ1) is 13.9. The van der Waals surface area contributed by atoms with Crippen LogP contribution < -0.4 is 10.2 Å². The van der Waals surface area contributed by atoms with Gasteiger partial charge in [-0.2, -0.15) is 13.2 Å². The summed E-state index contributed by atoms with van der Waals surface area (Å²) in [5, 5.41) is 9.13. The molecule has 1 amide bonds. The molecule has 156 valence electrons. The fourth-order valence-electron chi connectivity index (χ4n) is 4.66. The van der Waals surface area contributed by atoms with Crippen LogP contribution in [-0.4, -0.2) is 41.9 Å². The second-order valence-corrected chi connectivity index (χ2v) is 7.86. The Labute approximate surface area is 166 Å². The summed E-state index contributed by atoms with van der Waals surface area (Å²) in [6.07, 6.45) is 4.59. The highest BCUT2D eigenvalue weighted by atomic mass is 19.4. The Morgan fingerprint density at radius 3 is 2.83 bits per heavy atom. The van der Waals surface area contributed by atoms with Crippen molar-refractivity contribution in [3.05, 3.63) is 53.6 Å². The van der Waals surface area contributed by atoms with E-state index in [1.54, 1.807) is 11.5 Å². The molecular weight excluding hydrogens is 385 g/mol. The van der Waals surface area contributed by atoms with Crippen molar-refractivity contribution in [2.45, 2.75) is 25.1 Å². The van der Waals surface area contributed by atoms with Gasteiger partial charge in [0.15, 0.2) is 0 Å². The lowest BCUT2D eigenvalue weighted by molar-refractivity contribution is -0.147. The molecule has 3 aliphatic rings. The van der Waals surface area contributed by atoms with Crippen LogP contribution >= 0.6 is 0 Å². The van der Waals surface area contributed by atoms with Crippen LogP contribution in [0.5, 0.6) is 5.75 Å². The summed E-state index contributed by atoms with van der Waals surface area (Å²) < 4.78 is 44.2. The fraction of sp³-hybridized carbons (Fsp3) is 0.476. The minimum Gasteiger partial charge on any atom is -0.492 e. The number of hydrogen-bond acceptors (Lipinski definition) is 4. The second-order valence-electron chi connectivity index (χ2n) is 7.86. The third-order valence-corrected chi connectivity index (χ3v) is 5.93. The van der Waals surface area contributed by atoms with Crippen LogP contribution in [0.3, 0.4) is 0 Å². The molecule has 1 heterocycles. The Kier molecular flexibility index (Phi) is 5.40. The Morgan fingerprint density at radius 2 is 2.14 bits per heavy atom. The summed E-state index contributed by atoms with van der Waals surface area (Å²) >= 11 is 0. The van der Waals surface area contributed by atoms with E-state index in [2.05, 4.69) is 6.08 Å². The zero-order chi connectivity index (χ0) is 20.6. The lowest BCUT2D eigenvalue weighted by Crippen LogP contribution is -2.35. The van der Waals surface area contributed by atoms with Crippen molar-refractivity contribution in [3.8, 4) is 5.75 Å². The predicted molar refractivity (Wildman–Crippen MR) is 99.3 cm³/mol. The number of benzene rings is 1. The van der Waals surface area contributed by atoms with Gasteiger partial charge in [0.25, 0.3) is 0 Å². The van der Waals surface area contributed by atoms with Gasteiger partial charge < -0.3 is 4.74 Å². The molecular formula is C21H23F3N2O3. The van der Waals surface area contributed by atoms with E-state index < -0.39 is 18.6 Å². The van der Waals surface area contributed by atoms with Gasteiger partial charge in [-0.05, 0) is 29.9 Å². The van der Waals surface area contributed by atoms with Crippen molar-refractivity contribution in [3.63, 3.8) is 0 Å². The molecule has 1 aromatic rings. The highest BCUT2D eigenvalue weighted by Crippen LogP contribution is 2.59. The number of halogens is 3. The molecule has 2 N–H and O–H groups in total. The number of carbonyl (C=O) groups is 1. The monoisotopic (exact) mass is 408 g/mol. The third-order valence-electron chi connectivity index (χ3n) is 5.93. The summed E-state index contributed by atoms with van der Waals surface area (Å²) in [5.74, 6) is -0.0688. The standard InChI is InChI=1S/C21H23F3N2O3/c22-21(23,24)12-26-8-9-29-16-7-6-14(10-15(16)11-26)18-17(19(18)20(27)25-28)13-4-2-1-3-5-13/h1-4,6-7,10,13,17-19,28H,5,8-9,11-12H2,(H,25,27)/t13?,17-,18-,19-/m1/s1. The first-order valence-corrected chi connectivity index (χ1v) is 9.69. The van der Waals surface area contributed by atoms with Gasteiger partial charge in [0.2, 0.25) is 5.91 Å². The van der Waals surface area contributed by atoms with Crippen LogP contribution in [0.1, 0.15) is 23.5 Å². The maximum Gasteiger partial charge on any atom is 0.401 e. The van der Waals surface area contributed by atoms with Gasteiger partial charge in [0.1, 0.15) is 12.4 Å². The molecule has 1 saturated carbocycles. The van der Waals surface area contributed by atoms with Gasteiger partial charge in [0, 0.05) is 24.6 Å². The molecule has 5 nitrogen and oxygen atoms in total. The third kappa shape index (κ3) is 4.33. The van der Waals surface area contributed by atoms with Crippen molar-refractivity contribution in [1.29, 1.82) is 0 Å². The quantitative estimate of drug-likeness (QED) is 0.592. The van der Waals surface area contributed by atoms with Crippen molar-refractivity contribution < 1.29 is 27.9 Å². The van der Waals surface area contributed by atoms with Crippen molar-refractivity contribution in [2.75, 3.05) is 19.7 Å². The topological polar surface area (TPSA) is 61.8 Å².